The summed E-state index contributed by atoms with van der Waals surface area (Å²) in [5.74, 6) is -2.68. The predicted molar refractivity (Wildman–Crippen MR) is 103 cm³/mol. The second-order valence-corrected chi connectivity index (χ2v) is 8.46. The minimum Gasteiger partial charge on any atom is -0.325 e. The van der Waals surface area contributed by atoms with Crippen molar-refractivity contribution in [1.29, 1.82) is 0 Å². The Labute approximate surface area is 171 Å². The maximum absolute atomic E-state index is 13.9. The number of nitrogens with one attached hydrogen (secondary N) is 1. The van der Waals surface area contributed by atoms with Crippen LogP contribution in [0.4, 0.5) is 20.2 Å². The Morgan fingerprint density at radius 3 is 2.13 bits per heavy atom. The molecule has 0 aromatic heterocycles. The van der Waals surface area contributed by atoms with Crippen molar-refractivity contribution in [3.05, 3.63) is 64.2 Å². The van der Waals surface area contributed by atoms with Gasteiger partial charge in [-0.15, -0.1) is 0 Å². The molecular formula is C18H18F2N4O5S. The van der Waals surface area contributed by atoms with E-state index in [0.29, 0.717) is 5.69 Å². The van der Waals surface area contributed by atoms with E-state index in [0.717, 1.165) is 22.5 Å². The van der Waals surface area contributed by atoms with Crippen molar-refractivity contribution in [2.24, 2.45) is 0 Å². The third-order valence-corrected chi connectivity index (χ3v) is 6.53. The summed E-state index contributed by atoms with van der Waals surface area (Å²) in [6, 6.07) is 8.20. The van der Waals surface area contributed by atoms with Crippen LogP contribution < -0.4 is 5.32 Å². The van der Waals surface area contributed by atoms with Crippen molar-refractivity contribution >= 4 is 27.3 Å². The number of nitrogens with zero attached hydrogens (tertiary/aromatic N) is 3. The standard InChI is InChI=1S/C18H18F2N4O5S/c19-15-2-1-3-16(20)18(15)30(28,29)23-10-8-22(9-11-23)12-17(25)21-13-4-6-14(7-5-13)24(26)27/h1-7H,8-12H2,(H,21,25). The van der Waals surface area contributed by atoms with Crippen molar-refractivity contribution < 1.29 is 26.9 Å². The van der Waals surface area contributed by atoms with Crippen LogP contribution in [0.3, 0.4) is 0 Å². The summed E-state index contributed by atoms with van der Waals surface area (Å²) in [5, 5.41) is 13.2. The maximum atomic E-state index is 13.9. The largest absolute Gasteiger partial charge is 0.325 e. The zero-order chi connectivity index (χ0) is 21.9. The Bertz CT molecular complexity index is 1030. The molecule has 0 aliphatic carbocycles. The number of benzene rings is 2. The van der Waals surface area contributed by atoms with Gasteiger partial charge in [-0.3, -0.25) is 19.8 Å². The van der Waals surface area contributed by atoms with E-state index < -0.39 is 31.5 Å². The number of halogens is 2. The molecule has 1 aliphatic rings. The lowest BCUT2D eigenvalue weighted by Gasteiger charge is -2.33. The molecule has 2 aromatic carbocycles. The summed E-state index contributed by atoms with van der Waals surface area (Å²) in [5.41, 5.74) is 0.290. The van der Waals surface area contributed by atoms with Gasteiger partial charge in [-0.05, 0) is 24.3 Å². The van der Waals surface area contributed by atoms with E-state index in [-0.39, 0.29) is 44.3 Å². The molecule has 1 saturated heterocycles. The number of nitro groups is 1. The summed E-state index contributed by atoms with van der Waals surface area (Å²) in [7, 11) is -4.33. The lowest BCUT2D eigenvalue weighted by Crippen LogP contribution is -2.50. The number of non-ortho nitro benzene ring substituents is 1. The molecule has 1 amide bonds. The van der Waals surface area contributed by atoms with Gasteiger partial charge in [-0.1, -0.05) is 6.07 Å². The Morgan fingerprint density at radius 2 is 1.60 bits per heavy atom. The molecule has 2 aromatic rings. The Morgan fingerprint density at radius 1 is 1.03 bits per heavy atom. The highest BCUT2D eigenvalue weighted by Crippen LogP contribution is 2.23. The lowest BCUT2D eigenvalue weighted by atomic mass is 10.3. The minimum atomic E-state index is -4.33. The van der Waals surface area contributed by atoms with E-state index in [4.69, 9.17) is 0 Å². The third-order valence-electron chi connectivity index (χ3n) is 4.58. The molecule has 0 saturated carbocycles. The highest BCUT2D eigenvalue weighted by atomic mass is 32.2. The van der Waals surface area contributed by atoms with Crippen molar-refractivity contribution in [2.75, 3.05) is 38.0 Å². The SMILES string of the molecule is O=C(CN1CCN(S(=O)(=O)c2c(F)cccc2F)CC1)Nc1ccc([N+](=O)[O-])cc1. The molecule has 3 rings (SSSR count). The van der Waals surface area contributed by atoms with Gasteiger partial charge in [0.15, 0.2) is 4.90 Å². The van der Waals surface area contributed by atoms with Gasteiger partial charge >= 0.3 is 0 Å². The number of sulfonamides is 1. The molecule has 160 valence electrons. The van der Waals surface area contributed by atoms with Crippen LogP contribution in [0.5, 0.6) is 0 Å². The smallest absolute Gasteiger partial charge is 0.269 e. The van der Waals surface area contributed by atoms with Crippen molar-refractivity contribution in [3.63, 3.8) is 0 Å². The van der Waals surface area contributed by atoms with Crippen LogP contribution >= 0.6 is 0 Å². The molecule has 1 fully saturated rings. The van der Waals surface area contributed by atoms with Crippen LogP contribution in [-0.4, -0.2) is 61.2 Å². The van der Waals surface area contributed by atoms with E-state index in [2.05, 4.69) is 5.32 Å². The number of hydrogen-bond acceptors (Lipinski definition) is 6. The number of piperazine rings is 1. The first-order chi connectivity index (χ1) is 14.2. The van der Waals surface area contributed by atoms with Crippen LogP contribution in [0.25, 0.3) is 0 Å². The first-order valence-electron chi connectivity index (χ1n) is 8.89. The van der Waals surface area contributed by atoms with E-state index in [1.807, 2.05) is 0 Å². The molecule has 0 unspecified atom stereocenters. The van der Waals surface area contributed by atoms with Gasteiger partial charge in [0.2, 0.25) is 15.9 Å². The average Bonchev–Trinajstić information content (AvgIpc) is 2.68. The molecule has 0 radical (unpaired) electrons. The number of carbonyl (C=O) groups excluding carboxylic acids is 1. The van der Waals surface area contributed by atoms with Crippen LogP contribution in [0.1, 0.15) is 0 Å². The highest BCUT2D eigenvalue weighted by Gasteiger charge is 2.33. The van der Waals surface area contributed by atoms with Gasteiger partial charge in [0.1, 0.15) is 11.6 Å². The van der Waals surface area contributed by atoms with Gasteiger partial charge in [0, 0.05) is 44.0 Å². The van der Waals surface area contributed by atoms with E-state index in [1.54, 1.807) is 4.90 Å². The molecule has 1 aliphatic heterocycles. The molecule has 12 heteroatoms. The average molecular weight is 440 g/mol. The van der Waals surface area contributed by atoms with Crippen LogP contribution in [0, 0.1) is 21.7 Å². The van der Waals surface area contributed by atoms with Crippen molar-refractivity contribution in [2.45, 2.75) is 4.90 Å². The minimum absolute atomic E-state index is 0.0269. The first kappa shape index (κ1) is 21.7. The van der Waals surface area contributed by atoms with Gasteiger partial charge in [0.05, 0.1) is 11.5 Å². The fraction of sp³-hybridized carbons (Fsp3) is 0.278. The summed E-state index contributed by atoms with van der Waals surface area (Å²) in [6.45, 7) is 0.312. The topological polar surface area (TPSA) is 113 Å². The molecule has 30 heavy (non-hydrogen) atoms. The second kappa shape index (κ2) is 8.81. The van der Waals surface area contributed by atoms with Gasteiger partial charge in [-0.25, -0.2) is 17.2 Å². The maximum Gasteiger partial charge on any atom is 0.269 e. The fourth-order valence-electron chi connectivity index (χ4n) is 3.06. The van der Waals surface area contributed by atoms with Gasteiger partial charge in [-0.2, -0.15) is 4.31 Å². The predicted octanol–water partition coefficient (Wildman–Crippen LogP) is 1.82. The molecule has 0 spiro atoms. The summed E-state index contributed by atoms with van der Waals surface area (Å²) in [4.78, 5) is 23.0. The molecule has 0 atom stereocenters. The van der Waals surface area contributed by atoms with Crippen LogP contribution in [-0.2, 0) is 14.8 Å². The quantitative estimate of drug-likeness (QED) is 0.542. The van der Waals surface area contributed by atoms with Crippen molar-refractivity contribution in [3.8, 4) is 0 Å². The fourth-order valence-corrected chi connectivity index (χ4v) is 4.59. The molecule has 1 N–H and O–H groups in total. The van der Waals surface area contributed by atoms with Crippen LogP contribution in [0.2, 0.25) is 0 Å². The normalized spacial score (nSPS) is 15.7. The highest BCUT2D eigenvalue weighted by molar-refractivity contribution is 7.89. The number of hydrogen-bond donors (Lipinski definition) is 1. The third kappa shape index (κ3) is 4.78. The Hall–Kier alpha value is -2.96. The lowest BCUT2D eigenvalue weighted by molar-refractivity contribution is -0.384. The Kier molecular flexibility index (Phi) is 6.39. The number of nitro benzene ring substituents is 1. The number of rotatable bonds is 6. The molecule has 0 bridgehead atoms. The van der Waals surface area contributed by atoms with Crippen molar-refractivity contribution in [1.82, 2.24) is 9.21 Å². The molecule has 9 nitrogen and oxygen atoms in total. The van der Waals surface area contributed by atoms with E-state index in [1.165, 1.54) is 24.3 Å². The van der Waals surface area contributed by atoms with Crippen LogP contribution in [0.15, 0.2) is 47.4 Å². The number of anilines is 1. The molecular weight excluding hydrogens is 422 g/mol. The zero-order valence-electron chi connectivity index (χ0n) is 15.6. The van der Waals surface area contributed by atoms with Gasteiger partial charge in [0.25, 0.3) is 5.69 Å². The number of carbonyl (C=O) groups is 1. The van der Waals surface area contributed by atoms with E-state index in [9.17, 15) is 32.1 Å². The van der Waals surface area contributed by atoms with E-state index >= 15 is 0 Å². The zero-order valence-corrected chi connectivity index (χ0v) is 16.4. The monoisotopic (exact) mass is 440 g/mol. The Balaban J connectivity index is 1.56. The van der Waals surface area contributed by atoms with Gasteiger partial charge < -0.3 is 5.32 Å². The second-order valence-electron chi connectivity index (χ2n) is 6.58. The first-order valence-corrected chi connectivity index (χ1v) is 10.3. The summed E-state index contributed by atoms with van der Waals surface area (Å²) >= 11 is 0. The number of amides is 1. The summed E-state index contributed by atoms with van der Waals surface area (Å²) in [6.07, 6.45) is 0. The summed E-state index contributed by atoms with van der Waals surface area (Å²) < 4.78 is 53.9. The molecule has 1 heterocycles.